The van der Waals surface area contributed by atoms with E-state index in [2.05, 4.69) is 0 Å². The maximum absolute atomic E-state index is 11.5. The summed E-state index contributed by atoms with van der Waals surface area (Å²) in [6.07, 6.45) is -27.7. The van der Waals surface area contributed by atoms with Crippen molar-refractivity contribution in [3.63, 3.8) is 0 Å². The average molecular weight is 489 g/mol. The zero-order chi connectivity index (χ0) is 25.7. The first-order chi connectivity index (χ1) is 15.7. The summed E-state index contributed by atoms with van der Waals surface area (Å²) in [5, 5.41) is 113. The molecule has 3 fully saturated rings. The van der Waals surface area contributed by atoms with Crippen molar-refractivity contribution in [3.8, 4) is 0 Å². The lowest BCUT2D eigenvalue weighted by Gasteiger charge is -2.55. The molecule has 3 rings (SSSR count). The molecule has 11 N–H and O–H groups in total. The average Bonchev–Trinajstić information content (AvgIpc) is 2.80. The van der Waals surface area contributed by atoms with E-state index in [0.717, 1.165) is 0 Å². The highest BCUT2D eigenvalue weighted by Crippen LogP contribution is 2.41. The normalized spacial score (nSPS) is 58.7. The quantitative estimate of drug-likeness (QED) is 0.171. The van der Waals surface area contributed by atoms with Crippen LogP contribution in [0.25, 0.3) is 0 Å². The fraction of sp³-hybridized carbons (Fsp3) is 1.00. The lowest BCUT2D eigenvalue weighted by atomic mass is 9.76. The van der Waals surface area contributed by atoms with Crippen molar-refractivity contribution in [2.45, 2.75) is 98.3 Å². The van der Waals surface area contributed by atoms with Crippen LogP contribution in [0.2, 0.25) is 0 Å². The molecular formula is C18H32O15. The second kappa shape index (κ2) is 10.2. The van der Waals surface area contributed by atoms with Crippen LogP contribution >= 0.6 is 0 Å². The van der Waals surface area contributed by atoms with Gasteiger partial charge in [0.15, 0.2) is 18.2 Å². The van der Waals surface area contributed by atoms with E-state index in [1.165, 1.54) is 6.92 Å². The van der Waals surface area contributed by atoms with Crippen molar-refractivity contribution in [2.24, 2.45) is 0 Å². The van der Waals surface area contributed by atoms with Gasteiger partial charge in [-0.25, -0.2) is 0 Å². The maximum Gasteiger partial charge on any atom is 0.192 e. The molecule has 33 heavy (non-hydrogen) atoms. The summed E-state index contributed by atoms with van der Waals surface area (Å²) in [6, 6.07) is 0. The largest absolute Gasteiger partial charge is 0.394 e. The van der Waals surface area contributed by atoms with Gasteiger partial charge in [0.25, 0.3) is 0 Å². The Kier molecular flexibility index (Phi) is 7.86. The topological polar surface area (TPSA) is 259 Å². The summed E-state index contributed by atoms with van der Waals surface area (Å²) in [5.41, 5.74) is -2.95. The first-order valence-electron chi connectivity index (χ1n) is 10.8. The van der Waals surface area contributed by atoms with E-state index in [0.29, 0.717) is 0 Å². The highest BCUT2D eigenvalue weighted by Gasteiger charge is 2.65. The minimum Gasteiger partial charge on any atom is -0.394 e. The second-order valence-electron chi connectivity index (χ2n) is 8.46. The Morgan fingerprint density at radius 3 is 1.94 bits per heavy atom. The third-order valence-corrected chi connectivity index (χ3v) is 6.35. The Labute approximate surface area is 189 Å². The van der Waals surface area contributed by atoms with Crippen LogP contribution < -0.4 is 0 Å². The highest BCUT2D eigenvalue weighted by atomic mass is 16.7. The summed E-state index contributed by atoms with van der Waals surface area (Å²) < 4.78 is 28.6. The van der Waals surface area contributed by atoms with E-state index in [1.54, 1.807) is 0 Å². The molecule has 0 spiro atoms. The van der Waals surface area contributed by atoms with E-state index in [1.807, 2.05) is 0 Å². The van der Waals surface area contributed by atoms with Crippen molar-refractivity contribution in [3.05, 3.63) is 0 Å². The Balaban J connectivity index is 2.00. The van der Waals surface area contributed by atoms with Crippen LogP contribution in [0.3, 0.4) is 0 Å². The summed E-state index contributed by atoms with van der Waals surface area (Å²) in [4.78, 5) is 0. The molecule has 15 heteroatoms. The number of hydrogen-bond donors (Lipinski definition) is 11. The van der Waals surface area contributed by atoms with Gasteiger partial charge in [-0.05, 0) is 6.92 Å². The molecule has 0 saturated carbocycles. The van der Waals surface area contributed by atoms with Crippen molar-refractivity contribution in [2.75, 3.05) is 13.2 Å². The number of aliphatic hydroxyl groups excluding tert-OH is 9. The van der Waals surface area contributed by atoms with Crippen molar-refractivity contribution >= 4 is 0 Å². The molecule has 3 saturated heterocycles. The van der Waals surface area contributed by atoms with Crippen molar-refractivity contribution in [1.29, 1.82) is 0 Å². The molecule has 3 aliphatic heterocycles. The van der Waals surface area contributed by atoms with E-state index < -0.39 is 105 Å². The summed E-state index contributed by atoms with van der Waals surface area (Å²) in [6.45, 7) is -0.594. The Bertz CT molecular complexity index is 698. The fourth-order valence-electron chi connectivity index (χ4n) is 4.28. The lowest BCUT2D eigenvalue weighted by Crippen LogP contribution is -2.77. The third-order valence-electron chi connectivity index (χ3n) is 6.35. The molecule has 15 atom stereocenters. The van der Waals surface area contributed by atoms with Crippen LogP contribution in [0.4, 0.5) is 0 Å². The molecule has 2 unspecified atom stereocenters. The molecule has 3 aliphatic rings. The van der Waals surface area contributed by atoms with Gasteiger partial charge in [0.05, 0.1) is 20.7 Å². The van der Waals surface area contributed by atoms with E-state index in [-0.39, 0.29) is 0 Å². The summed E-state index contributed by atoms with van der Waals surface area (Å²) in [7, 11) is 0. The SMILES string of the molecule is [2H]C1(O)O[C@H](CO)[C@@H](O[C@@H]2O[C@H](CO)[C@H](O)[C@H](O)[C@]2(O)C2O[C@@H](C)[C@@H](O)[C@@H](O)[C@@H]2O)[C@H](O)[C@H]1O. The van der Waals surface area contributed by atoms with E-state index in [9.17, 15) is 56.2 Å². The van der Waals surface area contributed by atoms with Gasteiger partial charge in [0.2, 0.25) is 0 Å². The van der Waals surface area contributed by atoms with Crippen LogP contribution in [0, 0.1) is 0 Å². The first kappa shape index (κ1) is 25.5. The van der Waals surface area contributed by atoms with Gasteiger partial charge in [0.1, 0.15) is 67.1 Å². The maximum atomic E-state index is 11.5. The predicted molar refractivity (Wildman–Crippen MR) is 99.9 cm³/mol. The highest BCUT2D eigenvalue weighted by molar-refractivity contribution is 5.11. The second-order valence-corrected chi connectivity index (χ2v) is 8.46. The van der Waals surface area contributed by atoms with Crippen molar-refractivity contribution < 1.29 is 76.5 Å². The van der Waals surface area contributed by atoms with Crippen molar-refractivity contribution in [1.82, 2.24) is 0 Å². The van der Waals surface area contributed by atoms with Gasteiger partial charge < -0.3 is 75.1 Å². The number of aliphatic hydroxyl groups is 11. The zero-order valence-electron chi connectivity index (χ0n) is 18.5. The molecule has 0 aromatic rings. The van der Waals surface area contributed by atoms with Gasteiger partial charge in [-0.15, -0.1) is 0 Å². The van der Waals surface area contributed by atoms with Crippen LogP contribution in [0.1, 0.15) is 8.29 Å². The minimum atomic E-state index is -3.04. The molecule has 3 heterocycles. The van der Waals surface area contributed by atoms with Crippen LogP contribution in [0.5, 0.6) is 0 Å². The van der Waals surface area contributed by atoms with Crippen LogP contribution in [-0.2, 0) is 18.9 Å². The zero-order valence-corrected chi connectivity index (χ0v) is 17.5. The van der Waals surface area contributed by atoms with Crippen LogP contribution in [0.15, 0.2) is 0 Å². The van der Waals surface area contributed by atoms with E-state index >= 15 is 0 Å². The van der Waals surface area contributed by atoms with Gasteiger partial charge in [-0.2, -0.15) is 0 Å². The van der Waals surface area contributed by atoms with Gasteiger partial charge in [-0.1, -0.05) is 0 Å². The summed E-state index contributed by atoms with van der Waals surface area (Å²) >= 11 is 0. The molecule has 0 amide bonds. The lowest BCUT2D eigenvalue weighted by molar-refractivity contribution is -0.406. The van der Waals surface area contributed by atoms with Gasteiger partial charge >= 0.3 is 0 Å². The molecule has 0 bridgehead atoms. The fourth-order valence-corrected chi connectivity index (χ4v) is 4.28. The minimum absolute atomic E-state index is 0.901. The first-order valence-corrected chi connectivity index (χ1v) is 10.3. The monoisotopic (exact) mass is 489 g/mol. The molecular weight excluding hydrogens is 456 g/mol. The molecule has 0 aromatic carbocycles. The standard InChI is InChI=1S/C18H32O15/c1-4-7(21)9(23)11(25)15(30-4)18(29)14(27)8(22)5(2-19)32-17(18)33-13-6(3-20)31-16(28)12(26)10(13)24/h4-17,19-29H,2-3H2,1H3/t4-,5+,6+,7+,8-,9+,10+,11-,12+,13+,14-,15?,16?,17-,18-/m0/s1/i16D. The predicted octanol–water partition coefficient (Wildman–Crippen LogP) is -7.16. The number of hydrogen-bond acceptors (Lipinski definition) is 15. The Hall–Kier alpha value is -0.600. The van der Waals surface area contributed by atoms with Gasteiger partial charge in [-0.3, -0.25) is 0 Å². The Morgan fingerprint density at radius 1 is 0.758 bits per heavy atom. The van der Waals surface area contributed by atoms with Gasteiger partial charge in [0, 0.05) is 0 Å². The number of ether oxygens (including phenoxy) is 4. The number of rotatable bonds is 5. The summed E-state index contributed by atoms with van der Waals surface area (Å²) in [5.74, 6) is 0. The smallest absolute Gasteiger partial charge is 0.192 e. The molecule has 15 nitrogen and oxygen atoms in total. The molecule has 0 radical (unpaired) electrons. The molecule has 0 aliphatic carbocycles. The molecule has 0 aromatic heterocycles. The molecule has 194 valence electrons. The third kappa shape index (κ3) is 4.53. The van der Waals surface area contributed by atoms with Crippen LogP contribution in [-0.4, -0.2) is 161 Å². The Morgan fingerprint density at radius 2 is 1.36 bits per heavy atom. The van der Waals surface area contributed by atoms with E-state index in [4.69, 9.17) is 20.3 Å².